The Labute approximate surface area is 101 Å². The number of rotatable bonds is 3. The van der Waals surface area contributed by atoms with E-state index in [9.17, 15) is 4.79 Å². The van der Waals surface area contributed by atoms with Crippen LogP contribution in [0.5, 0.6) is 0 Å². The Bertz CT molecular complexity index is 327. The predicted octanol–water partition coefficient (Wildman–Crippen LogP) is 1.64. The molecule has 17 heavy (non-hydrogen) atoms. The minimum Gasteiger partial charge on any atom is -0.466 e. The van der Waals surface area contributed by atoms with E-state index in [-0.39, 0.29) is 16.8 Å². The highest BCUT2D eigenvalue weighted by Gasteiger charge is 2.54. The summed E-state index contributed by atoms with van der Waals surface area (Å²) in [7, 11) is 0. The van der Waals surface area contributed by atoms with Crippen molar-refractivity contribution in [2.24, 2.45) is 21.7 Å². The van der Waals surface area contributed by atoms with Crippen molar-refractivity contribution >= 4 is 11.8 Å². The molecule has 0 aromatic rings. The molecule has 3 saturated carbocycles. The molecule has 96 valence electrons. The van der Waals surface area contributed by atoms with Gasteiger partial charge in [-0.3, -0.25) is 4.79 Å². The zero-order valence-electron chi connectivity index (χ0n) is 10.2. The molecule has 0 aromatic heterocycles. The third-order valence-corrected chi connectivity index (χ3v) is 4.61. The Balaban J connectivity index is 2.12. The van der Waals surface area contributed by atoms with Crippen molar-refractivity contribution in [1.29, 1.82) is 0 Å². The number of hydrogen-bond acceptors (Lipinski definition) is 4. The van der Waals surface area contributed by atoms with Crippen molar-refractivity contribution in [3.05, 3.63) is 0 Å². The molecule has 0 heterocycles. The van der Waals surface area contributed by atoms with Crippen LogP contribution >= 0.6 is 0 Å². The molecule has 0 atom stereocenters. The molecule has 0 saturated heterocycles. The fourth-order valence-corrected chi connectivity index (χ4v) is 3.27. The fourth-order valence-electron chi connectivity index (χ4n) is 3.27. The van der Waals surface area contributed by atoms with E-state index in [0.717, 1.165) is 38.5 Å². The van der Waals surface area contributed by atoms with Gasteiger partial charge in [0.1, 0.15) is 5.84 Å². The number of nitrogens with zero attached hydrogens (tertiary/aromatic N) is 1. The number of esters is 1. The second-order valence-electron chi connectivity index (χ2n) is 5.27. The minimum atomic E-state index is -0.298. The van der Waals surface area contributed by atoms with Crippen molar-refractivity contribution in [3.8, 4) is 0 Å². The first-order valence-electron chi connectivity index (χ1n) is 6.24. The summed E-state index contributed by atoms with van der Waals surface area (Å²) in [5.41, 5.74) is 5.30. The van der Waals surface area contributed by atoms with Crippen LogP contribution in [0.15, 0.2) is 5.16 Å². The highest BCUT2D eigenvalue weighted by molar-refractivity contribution is 5.87. The summed E-state index contributed by atoms with van der Waals surface area (Å²) >= 11 is 0. The highest BCUT2D eigenvalue weighted by atomic mass is 16.5. The Hall–Kier alpha value is -1.26. The molecule has 5 nitrogen and oxygen atoms in total. The average Bonchev–Trinajstić information content (AvgIpc) is 2.40. The van der Waals surface area contributed by atoms with E-state index in [4.69, 9.17) is 15.7 Å². The summed E-state index contributed by atoms with van der Waals surface area (Å²) < 4.78 is 5.17. The van der Waals surface area contributed by atoms with Crippen LogP contribution in [0.2, 0.25) is 0 Å². The minimum absolute atomic E-state index is 0.0622. The van der Waals surface area contributed by atoms with Gasteiger partial charge in [-0.05, 0) is 45.4 Å². The van der Waals surface area contributed by atoms with Crippen LogP contribution in [-0.2, 0) is 9.53 Å². The number of carbonyl (C=O) groups is 1. The van der Waals surface area contributed by atoms with Crippen LogP contribution in [0, 0.1) is 10.8 Å². The van der Waals surface area contributed by atoms with Crippen molar-refractivity contribution in [2.75, 3.05) is 6.61 Å². The summed E-state index contributed by atoms with van der Waals surface area (Å²) in [6.07, 6.45) is 4.84. The Morgan fingerprint density at radius 1 is 1.24 bits per heavy atom. The van der Waals surface area contributed by atoms with Crippen molar-refractivity contribution in [1.82, 2.24) is 0 Å². The largest absolute Gasteiger partial charge is 0.466 e. The van der Waals surface area contributed by atoms with E-state index < -0.39 is 0 Å². The lowest BCUT2D eigenvalue weighted by atomic mass is 9.53. The standard InChI is InChI=1S/C12H20N2O3/c1-2-17-10(15)12-6-3-11(4-7-12,5-8-12)9(13)14-16/h16H,2-8H2,1H3,(H2,13,14). The van der Waals surface area contributed by atoms with Gasteiger partial charge in [0, 0.05) is 5.41 Å². The molecule has 3 aliphatic rings. The first-order valence-corrected chi connectivity index (χ1v) is 6.24. The highest BCUT2D eigenvalue weighted by Crippen LogP contribution is 2.57. The van der Waals surface area contributed by atoms with E-state index >= 15 is 0 Å². The van der Waals surface area contributed by atoms with Gasteiger partial charge in [-0.2, -0.15) is 0 Å². The molecule has 0 amide bonds. The molecule has 2 bridgehead atoms. The van der Waals surface area contributed by atoms with Gasteiger partial charge in [0.25, 0.3) is 0 Å². The molecule has 0 unspecified atom stereocenters. The fraction of sp³-hybridized carbons (Fsp3) is 0.833. The second kappa shape index (κ2) is 4.20. The van der Waals surface area contributed by atoms with Gasteiger partial charge in [-0.1, -0.05) is 5.16 Å². The Kier molecular flexibility index (Phi) is 3.02. The van der Waals surface area contributed by atoms with Gasteiger partial charge in [0.05, 0.1) is 12.0 Å². The van der Waals surface area contributed by atoms with Crippen molar-refractivity contribution in [3.63, 3.8) is 0 Å². The van der Waals surface area contributed by atoms with E-state index in [1.54, 1.807) is 0 Å². The summed E-state index contributed by atoms with van der Waals surface area (Å²) in [5.74, 6) is 0.266. The quantitative estimate of drug-likeness (QED) is 0.258. The van der Waals surface area contributed by atoms with Crippen LogP contribution < -0.4 is 5.73 Å². The van der Waals surface area contributed by atoms with Crippen LogP contribution in [-0.4, -0.2) is 23.6 Å². The third-order valence-electron chi connectivity index (χ3n) is 4.61. The molecule has 0 radical (unpaired) electrons. The molecule has 3 fully saturated rings. The number of nitrogens with two attached hydrogens (primary N) is 1. The van der Waals surface area contributed by atoms with Crippen molar-refractivity contribution < 1.29 is 14.7 Å². The Morgan fingerprint density at radius 3 is 2.12 bits per heavy atom. The van der Waals surface area contributed by atoms with Gasteiger partial charge < -0.3 is 15.7 Å². The molecule has 5 heteroatoms. The number of carbonyl (C=O) groups excluding carboxylic acids is 1. The van der Waals surface area contributed by atoms with Gasteiger partial charge in [0.2, 0.25) is 0 Å². The van der Waals surface area contributed by atoms with Gasteiger partial charge in [-0.25, -0.2) is 0 Å². The van der Waals surface area contributed by atoms with E-state index in [2.05, 4.69) is 5.16 Å². The zero-order valence-corrected chi connectivity index (χ0v) is 10.2. The first-order chi connectivity index (χ1) is 8.08. The predicted molar refractivity (Wildman–Crippen MR) is 62.6 cm³/mol. The zero-order chi connectivity index (χ0) is 12.5. The van der Waals surface area contributed by atoms with E-state index in [1.807, 2.05) is 6.92 Å². The lowest BCUT2D eigenvalue weighted by Gasteiger charge is -2.51. The molecular formula is C12H20N2O3. The SMILES string of the molecule is CCOC(=O)C12CCC(C(N)=NO)(CC1)CC2. The number of oxime groups is 1. The molecule has 3 aliphatic carbocycles. The maximum atomic E-state index is 12.0. The van der Waals surface area contributed by atoms with Crippen LogP contribution in [0.3, 0.4) is 0 Å². The third kappa shape index (κ3) is 1.77. The monoisotopic (exact) mass is 240 g/mol. The lowest BCUT2D eigenvalue weighted by molar-refractivity contribution is -0.163. The molecule has 3 rings (SSSR count). The van der Waals surface area contributed by atoms with Crippen LogP contribution in [0.25, 0.3) is 0 Å². The number of ether oxygens (including phenoxy) is 1. The van der Waals surface area contributed by atoms with Crippen LogP contribution in [0.1, 0.15) is 45.4 Å². The molecule has 3 N–H and O–H groups in total. The van der Waals surface area contributed by atoms with Gasteiger partial charge >= 0.3 is 5.97 Å². The van der Waals surface area contributed by atoms with E-state index in [1.165, 1.54) is 0 Å². The molecule has 0 aliphatic heterocycles. The number of hydrogen-bond donors (Lipinski definition) is 2. The smallest absolute Gasteiger partial charge is 0.312 e. The van der Waals surface area contributed by atoms with Gasteiger partial charge in [-0.15, -0.1) is 0 Å². The summed E-state index contributed by atoms with van der Waals surface area (Å²) in [4.78, 5) is 12.0. The molecule has 0 aromatic carbocycles. The number of amidine groups is 1. The lowest BCUT2D eigenvalue weighted by Crippen LogP contribution is -2.51. The second-order valence-corrected chi connectivity index (χ2v) is 5.27. The van der Waals surface area contributed by atoms with Gasteiger partial charge in [0.15, 0.2) is 0 Å². The Morgan fingerprint density at radius 2 is 1.71 bits per heavy atom. The maximum absolute atomic E-state index is 12.0. The molecular weight excluding hydrogens is 220 g/mol. The molecule has 0 spiro atoms. The summed E-state index contributed by atoms with van der Waals surface area (Å²) in [6, 6.07) is 0. The number of fused-ring (bicyclic) bond motifs is 3. The van der Waals surface area contributed by atoms with Crippen LogP contribution in [0.4, 0.5) is 0 Å². The van der Waals surface area contributed by atoms with E-state index in [0.29, 0.717) is 12.4 Å². The van der Waals surface area contributed by atoms with Crippen molar-refractivity contribution in [2.45, 2.75) is 45.4 Å². The topological polar surface area (TPSA) is 84.9 Å². The average molecular weight is 240 g/mol. The summed E-state index contributed by atoms with van der Waals surface area (Å²) in [6.45, 7) is 2.27. The maximum Gasteiger partial charge on any atom is 0.312 e. The first kappa shape index (κ1) is 12.2. The summed E-state index contributed by atoms with van der Waals surface area (Å²) in [5, 5.41) is 12.0. The normalized spacial score (nSPS) is 36.9.